The van der Waals surface area contributed by atoms with Crippen LogP contribution >= 0.6 is 15.9 Å². The number of halogens is 1. The molecule has 2 aromatic carbocycles. The first-order valence-electron chi connectivity index (χ1n) is 12.6. The Bertz CT molecular complexity index is 1250. The molecule has 1 unspecified atom stereocenters. The number of hydrogen-bond acceptors (Lipinski definition) is 5. The van der Waals surface area contributed by atoms with Gasteiger partial charge in [-0.25, -0.2) is 0 Å². The second-order valence-electron chi connectivity index (χ2n) is 10.4. The zero-order chi connectivity index (χ0) is 26.6. The third-order valence-corrected chi connectivity index (χ3v) is 7.14. The number of carbonyl (C=O) groups excluding carboxylic acids is 2. The highest BCUT2D eigenvalue weighted by atomic mass is 79.9. The van der Waals surface area contributed by atoms with Crippen molar-refractivity contribution in [3.05, 3.63) is 82.7 Å². The Morgan fingerprint density at radius 1 is 1.14 bits per heavy atom. The van der Waals surface area contributed by atoms with E-state index in [2.05, 4.69) is 53.4 Å². The number of amides is 2. The van der Waals surface area contributed by atoms with Gasteiger partial charge in [-0.2, -0.15) is 4.98 Å². The molecule has 8 heteroatoms. The van der Waals surface area contributed by atoms with Gasteiger partial charge in [-0.3, -0.25) is 9.59 Å². The lowest BCUT2D eigenvalue weighted by molar-refractivity contribution is -0.136. The summed E-state index contributed by atoms with van der Waals surface area (Å²) in [7, 11) is 0. The van der Waals surface area contributed by atoms with Crippen LogP contribution in [0.4, 0.5) is 0 Å². The number of benzene rings is 2. The van der Waals surface area contributed by atoms with Gasteiger partial charge in [-0.05, 0) is 66.6 Å². The van der Waals surface area contributed by atoms with Crippen LogP contribution in [0.15, 0.2) is 70.2 Å². The second-order valence-corrected chi connectivity index (χ2v) is 11.3. The normalized spacial score (nSPS) is 15.9. The topological polar surface area (TPSA) is 79.5 Å². The van der Waals surface area contributed by atoms with Crippen molar-refractivity contribution < 1.29 is 14.1 Å². The van der Waals surface area contributed by atoms with Crippen molar-refractivity contribution in [3.8, 4) is 11.4 Å². The fourth-order valence-electron chi connectivity index (χ4n) is 4.50. The van der Waals surface area contributed by atoms with E-state index in [1.807, 2.05) is 48.5 Å². The number of aromatic nitrogens is 2. The lowest BCUT2D eigenvalue weighted by Gasteiger charge is -2.35. The second kappa shape index (κ2) is 11.4. The van der Waals surface area contributed by atoms with Crippen molar-refractivity contribution in [1.82, 2.24) is 19.9 Å². The molecule has 2 heterocycles. The third-order valence-electron chi connectivity index (χ3n) is 6.61. The van der Waals surface area contributed by atoms with Gasteiger partial charge in [0.1, 0.15) is 12.6 Å². The van der Waals surface area contributed by atoms with Crippen molar-refractivity contribution >= 4 is 27.7 Å². The number of carbonyl (C=O) groups is 2. The maximum absolute atomic E-state index is 13.5. The van der Waals surface area contributed by atoms with Crippen molar-refractivity contribution in [2.75, 3.05) is 19.6 Å². The van der Waals surface area contributed by atoms with Crippen LogP contribution in [-0.4, -0.2) is 51.4 Å². The van der Waals surface area contributed by atoms with Crippen LogP contribution in [0, 0.1) is 0 Å². The molecule has 0 radical (unpaired) electrons. The fourth-order valence-corrected chi connectivity index (χ4v) is 4.76. The van der Waals surface area contributed by atoms with E-state index in [4.69, 9.17) is 4.52 Å². The minimum absolute atomic E-state index is 0.00636. The zero-order valence-corrected chi connectivity index (χ0v) is 23.2. The molecule has 2 amide bonds. The van der Waals surface area contributed by atoms with Gasteiger partial charge in [0.15, 0.2) is 0 Å². The molecular formula is C29H33BrN4O3. The van der Waals surface area contributed by atoms with Crippen LogP contribution in [0.3, 0.4) is 0 Å². The molecule has 0 bridgehead atoms. The summed E-state index contributed by atoms with van der Waals surface area (Å²) < 4.78 is 6.58. The highest BCUT2D eigenvalue weighted by Crippen LogP contribution is 2.32. The quantitative estimate of drug-likeness (QED) is 0.320. The van der Waals surface area contributed by atoms with Crippen LogP contribution in [0.25, 0.3) is 11.4 Å². The van der Waals surface area contributed by atoms with Gasteiger partial charge >= 0.3 is 0 Å². The molecule has 0 aliphatic carbocycles. The predicted octanol–water partition coefficient (Wildman–Crippen LogP) is 6.18. The summed E-state index contributed by atoms with van der Waals surface area (Å²) in [5.41, 5.74) is 2.53. The molecule has 3 aromatic rings. The minimum Gasteiger partial charge on any atom is -0.337 e. The molecule has 1 fully saturated rings. The van der Waals surface area contributed by atoms with Gasteiger partial charge < -0.3 is 14.3 Å². The summed E-state index contributed by atoms with van der Waals surface area (Å²) in [4.78, 5) is 34.7. The van der Waals surface area contributed by atoms with Gasteiger partial charge in [0.2, 0.25) is 17.6 Å². The largest absolute Gasteiger partial charge is 0.337 e. The summed E-state index contributed by atoms with van der Waals surface area (Å²) >= 11 is 3.43. The number of likely N-dealkylation sites (tertiary alicyclic amines) is 1. The van der Waals surface area contributed by atoms with E-state index in [1.54, 1.807) is 11.0 Å². The molecule has 1 saturated heterocycles. The van der Waals surface area contributed by atoms with Crippen LogP contribution in [-0.2, 0) is 10.2 Å². The fraction of sp³-hybridized carbons (Fsp3) is 0.379. The van der Waals surface area contributed by atoms with Gasteiger partial charge in [-0.1, -0.05) is 60.1 Å². The molecule has 194 valence electrons. The lowest BCUT2D eigenvalue weighted by atomic mass is 9.86. The smallest absolute Gasteiger partial charge is 0.254 e. The number of nitrogens with zero attached hydrogens (tertiary/aromatic N) is 4. The highest BCUT2D eigenvalue weighted by Gasteiger charge is 2.33. The lowest BCUT2D eigenvalue weighted by Crippen LogP contribution is -2.46. The molecule has 0 N–H and O–H groups in total. The van der Waals surface area contributed by atoms with E-state index in [-0.39, 0.29) is 36.4 Å². The first-order chi connectivity index (χ1) is 17.7. The first kappa shape index (κ1) is 26.8. The molecule has 37 heavy (non-hydrogen) atoms. The van der Waals surface area contributed by atoms with Crippen molar-refractivity contribution in [1.29, 1.82) is 0 Å². The predicted molar refractivity (Wildman–Crippen MR) is 147 cm³/mol. The van der Waals surface area contributed by atoms with Crippen molar-refractivity contribution in [2.24, 2.45) is 0 Å². The molecule has 7 nitrogen and oxygen atoms in total. The number of hydrogen-bond donors (Lipinski definition) is 0. The maximum Gasteiger partial charge on any atom is 0.254 e. The van der Waals surface area contributed by atoms with Gasteiger partial charge in [0.25, 0.3) is 5.91 Å². The van der Waals surface area contributed by atoms with E-state index in [0.717, 1.165) is 34.9 Å². The SMILES string of the molecule is C=CCN(CC(=O)N1CCCCC1c1nc(-c2ccc(Br)cc2)no1)C(=O)c1ccc(C(C)(C)C)cc1. The Kier molecular flexibility index (Phi) is 8.27. The van der Waals surface area contributed by atoms with E-state index in [0.29, 0.717) is 23.8 Å². The average molecular weight is 566 g/mol. The zero-order valence-electron chi connectivity index (χ0n) is 21.6. The monoisotopic (exact) mass is 564 g/mol. The Morgan fingerprint density at radius 2 is 1.84 bits per heavy atom. The molecule has 0 saturated carbocycles. The van der Waals surface area contributed by atoms with E-state index >= 15 is 0 Å². The molecule has 1 aromatic heterocycles. The molecule has 1 aliphatic heterocycles. The number of rotatable bonds is 7. The van der Waals surface area contributed by atoms with Gasteiger partial charge in [0, 0.05) is 28.7 Å². The number of piperidine rings is 1. The van der Waals surface area contributed by atoms with E-state index < -0.39 is 0 Å². The maximum atomic E-state index is 13.5. The van der Waals surface area contributed by atoms with E-state index in [1.165, 1.54) is 4.90 Å². The molecule has 1 atom stereocenters. The Balaban J connectivity index is 1.50. The summed E-state index contributed by atoms with van der Waals surface area (Å²) in [6.07, 6.45) is 4.22. The average Bonchev–Trinajstić information content (AvgIpc) is 3.38. The van der Waals surface area contributed by atoms with Crippen LogP contribution in [0.2, 0.25) is 0 Å². The Morgan fingerprint density at radius 3 is 2.49 bits per heavy atom. The summed E-state index contributed by atoms with van der Waals surface area (Å²) in [5.74, 6) is 0.570. The third kappa shape index (κ3) is 6.36. The Hall–Kier alpha value is -3.26. The van der Waals surface area contributed by atoms with Gasteiger partial charge in [0.05, 0.1) is 0 Å². The standard InChI is InChI=1S/C29H33BrN4O3/c1-5-17-33(28(36)21-9-13-22(14-10-21)29(2,3)4)19-25(35)34-18-7-6-8-24(34)27-31-26(32-37-27)20-11-15-23(30)16-12-20/h5,9-16,24H,1,6-8,17-19H2,2-4H3. The van der Waals surface area contributed by atoms with Crippen LogP contribution in [0.5, 0.6) is 0 Å². The highest BCUT2D eigenvalue weighted by molar-refractivity contribution is 9.10. The van der Waals surface area contributed by atoms with E-state index in [9.17, 15) is 9.59 Å². The molecule has 4 rings (SSSR count). The molecule has 0 spiro atoms. The summed E-state index contributed by atoms with van der Waals surface area (Å²) in [6.45, 7) is 11.0. The van der Waals surface area contributed by atoms with Crippen molar-refractivity contribution in [2.45, 2.75) is 51.5 Å². The van der Waals surface area contributed by atoms with Crippen LogP contribution < -0.4 is 0 Å². The van der Waals surface area contributed by atoms with Crippen molar-refractivity contribution in [3.63, 3.8) is 0 Å². The molecule has 1 aliphatic rings. The van der Waals surface area contributed by atoms with Gasteiger partial charge in [-0.15, -0.1) is 6.58 Å². The molecular weight excluding hydrogens is 532 g/mol. The summed E-state index contributed by atoms with van der Waals surface area (Å²) in [5, 5.41) is 4.15. The van der Waals surface area contributed by atoms with Crippen LogP contribution in [0.1, 0.15) is 67.9 Å². The summed E-state index contributed by atoms with van der Waals surface area (Å²) in [6, 6.07) is 15.0. The minimum atomic E-state index is -0.315. The first-order valence-corrected chi connectivity index (χ1v) is 13.4. The Labute approximate surface area is 226 Å².